The first-order valence-electron chi connectivity index (χ1n) is 8.70. The average Bonchev–Trinajstić information content (AvgIpc) is 2.73. The molecule has 2 heterocycles. The van der Waals surface area contributed by atoms with Crippen LogP contribution >= 0.6 is 0 Å². The van der Waals surface area contributed by atoms with Gasteiger partial charge in [-0.1, -0.05) is 27.7 Å². The zero-order valence-electron chi connectivity index (χ0n) is 14.7. The SMILES string of the molecule is C[C@@H]1CC(F)CC12CCN(c1ncc(C(C)(C)C)[nH]c1=O)CC2. The number of halogens is 1. The lowest BCUT2D eigenvalue weighted by molar-refractivity contribution is 0.155. The molecule has 0 aromatic carbocycles. The second-order valence-electron chi connectivity index (χ2n) is 8.49. The normalized spacial score (nSPS) is 27.6. The number of rotatable bonds is 1. The molecule has 1 unspecified atom stereocenters. The maximum absolute atomic E-state index is 13.8. The lowest BCUT2D eigenvalue weighted by atomic mass is 9.71. The van der Waals surface area contributed by atoms with Crippen molar-refractivity contribution in [3.63, 3.8) is 0 Å². The number of alkyl halides is 1. The molecule has 1 N–H and O–H groups in total. The summed E-state index contributed by atoms with van der Waals surface area (Å²) in [6, 6.07) is 0. The van der Waals surface area contributed by atoms with Gasteiger partial charge in [-0.2, -0.15) is 0 Å². The molecule has 2 aliphatic rings. The van der Waals surface area contributed by atoms with Gasteiger partial charge in [-0.3, -0.25) is 4.79 Å². The van der Waals surface area contributed by atoms with Gasteiger partial charge in [0, 0.05) is 30.4 Å². The molecule has 3 rings (SSSR count). The lowest BCUT2D eigenvalue weighted by Gasteiger charge is -2.42. The highest BCUT2D eigenvalue weighted by molar-refractivity contribution is 5.37. The number of nitrogens with zero attached hydrogens (tertiary/aromatic N) is 2. The van der Waals surface area contributed by atoms with Crippen LogP contribution in [-0.4, -0.2) is 29.2 Å². The summed E-state index contributed by atoms with van der Waals surface area (Å²) in [5.74, 6) is 0.949. The highest BCUT2D eigenvalue weighted by Gasteiger charge is 2.46. The minimum atomic E-state index is -0.649. The minimum Gasteiger partial charge on any atom is -0.352 e. The van der Waals surface area contributed by atoms with Crippen molar-refractivity contribution in [2.75, 3.05) is 18.0 Å². The fourth-order valence-electron chi connectivity index (χ4n) is 4.22. The number of H-pyrrole nitrogens is 1. The van der Waals surface area contributed by atoms with Gasteiger partial charge in [0.1, 0.15) is 6.17 Å². The monoisotopic (exact) mass is 321 g/mol. The van der Waals surface area contributed by atoms with E-state index in [0.717, 1.165) is 31.6 Å². The Morgan fingerprint density at radius 2 is 2.00 bits per heavy atom. The van der Waals surface area contributed by atoms with Crippen LogP contribution in [0.25, 0.3) is 0 Å². The van der Waals surface area contributed by atoms with E-state index in [1.54, 1.807) is 6.20 Å². The van der Waals surface area contributed by atoms with Gasteiger partial charge in [-0.15, -0.1) is 0 Å². The maximum Gasteiger partial charge on any atom is 0.291 e. The summed E-state index contributed by atoms with van der Waals surface area (Å²) in [7, 11) is 0. The summed E-state index contributed by atoms with van der Waals surface area (Å²) >= 11 is 0. The highest BCUT2D eigenvalue weighted by atomic mass is 19.1. The van der Waals surface area contributed by atoms with Crippen molar-refractivity contribution in [3.05, 3.63) is 22.2 Å². The number of nitrogens with one attached hydrogen (secondary N) is 1. The molecule has 4 nitrogen and oxygen atoms in total. The molecule has 1 spiro atoms. The molecule has 2 atom stereocenters. The molecule has 0 amide bonds. The van der Waals surface area contributed by atoms with Crippen LogP contribution in [0.4, 0.5) is 10.2 Å². The molecular weight excluding hydrogens is 293 g/mol. The molecule has 0 bridgehead atoms. The predicted octanol–water partition coefficient (Wildman–Crippen LogP) is 3.42. The van der Waals surface area contributed by atoms with Gasteiger partial charge in [0.2, 0.25) is 0 Å². The standard InChI is InChI=1S/C18H28FN3O/c1-12-9-13(19)10-18(12)5-7-22(8-6-18)15-16(23)21-14(11-20-15)17(2,3)4/h11-13H,5-10H2,1-4H3,(H,21,23)/t12-,13?/m1/s1. The van der Waals surface area contributed by atoms with E-state index in [1.165, 1.54) is 0 Å². The van der Waals surface area contributed by atoms with Crippen molar-refractivity contribution >= 4 is 5.82 Å². The van der Waals surface area contributed by atoms with E-state index < -0.39 is 6.17 Å². The lowest BCUT2D eigenvalue weighted by Crippen LogP contribution is -2.44. The van der Waals surface area contributed by atoms with Crippen LogP contribution in [0.15, 0.2) is 11.0 Å². The maximum atomic E-state index is 13.8. The molecule has 1 aromatic heterocycles. The molecule has 1 saturated carbocycles. The number of hydrogen-bond acceptors (Lipinski definition) is 3. The topological polar surface area (TPSA) is 49.0 Å². The Morgan fingerprint density at radius 1 is 1.35 bits per heavy atom. The van der Waals surface area contributed by atoms with Gasteiger partial charge in [-0.25, -0.2) is 9.37 Å². The molecule has 1 aromatic rings. The van der Waals surface area contributed by atoms with E-state index in [0.29, 0.717) is 24.6 Å². The molecule has 1 aliphatic heterocycles. The molecule has 1 aliphatic carbocycles. The molecule has 1 saturated heterocycles. The average molecular weight is 321 g/mol. The first-order valence-corrected chi connectivity index (χ1v) is 8.70. The molecular formula is C18H28FN3O. The third-order valence-corrected chi connectivity index (χ3v) is 5.92. The van der Waals surface area contributed by atoms with E-state index in [2.05, 4.69) is 42.6 Å². The summed E-state index contributed by atoms with van der Waals surface area (Å²) < 4.78 is 13.8. The summed E-state index contributed by atoms with van der Waals surface area (Å²) in [4.78, 5) is 21.9. The van der Waals surface area contributed by atoms with Gasteiger partial charge in [0.15, 0.2) is 5.82 Å². The third-order valence-electron chi connectivity index (χ3n) is 5.92. The minimum absolute atomic E-state index is 0.115. The summed E-state index contributed by atoms with van der Waals surface area (Å²) in [5, 5.41) is 0. The zero-order chi connectivity index (χ0) is 16.8. The van der Waals surface area contributed by atoms with Crippen molar-refractivity contribution in [3.8, 4) is 0 Å². The smallest absolute Gasteiger partial charge is 0.291 e. The first kappa shape index (κ1) is 16.5. The van der Waals surface area contributed by atoms with Gasteiger partial charge in [0.05, 0.1) is 0 Å². The van der Waals surface area contributed by atoms with Gasteiger partial charge < -0.3 is 9.88 Å². The Hall–Kier alpha value is -1.39. The van der Waals surface area contributed by atoms with Crippen LogP contribution in [0.2, 0.25) is 0 Å². The number of aromatic amines is 1. The molecule has 128 valence electrons. The zero-order valence-corrected chi connectivity index (χ0v) is 14.7. The van der Waals surface area contributed by atoms with Gasteiger partial charge in [0.25, 0.3) is 5.56 Å². The van der Waals surface area contributed by atoms with E-state index in [1.807, 2.05) is 0 Å². The van der Waals surface area contributed by atoms with Crippen LogP contribution < -0.4 is 10.5 Å². The van der Waals surface area contributed by atoms with Crippen molar-refractivity contribution in [2.24, 2.45) is 11.3 Å². The summed E-state index contributed by atoms with van der Waals surface area (Å²) in [6.45, 7) is 9.93. The Kier molecular flexibility index (Phi) is 4.01. The Labute approximate surface area is 137 Å². The predicted molar refractivity (Wildman–Crippen MR) is 90.7 cm³/mol. The number of aromatic nitrogens is 2. The Balaban J connectivity index is 1.75. The number of anilines is 1. The van der Waals surface area contributed by atoms with Crippen molar-refractivity contribution in [1.29, 1.82) is 0 Å². The summed E-state index contributed by atoms with van der Waals surface area (Å²) in [6.07, 6.45) is 4.42. The van der Waals surface area contributed by atoms with Crippen LogP contribution in [0.3, 0.4) is 0 Å². The van der Waals surface area contributed by atoms with E-state index in [9.17, 15) is 9.18 Å². The molecule has 23 heavy (non-hydrogen) atoms. The second-order valence-corrected chi connectivity index (χ2v) is 8.49. The van der Waals surface area contributed by atoms with Crippen LogP contribution in [0.5, 0.6) is 0 Å². The quantitative estimate of drug-likeness (QED) is 0.862. The second kappa shape index (κ2) is 5.60. The molecule has 5 heteroatoms. The number of piperidine rings is 1. The van der Waals surface area contributed by atoms with Crippen molar-refractivity contribution < 1.29 is 4.39 Å². The highest BCUT2D eigenvalue weighted by Crippen LogP contribution is 2.51. The fourth-order valence-corrected chi connectivity index (χ4v) is 4.22. The molecule has 2 fully saturated rings. The van der Waals surface area contributed by atoms with E-state index in [-0.39, 0.29) is 16.4 Å². The number of hydrogen-bond donors (Lipinski definition) is 1. The Bertz CT molecular complexity index is 626. The van der Waals surface area contributed by atoms with Gasteiger partial charge in [-0.05, 0) is 37.0 Å². The van der Waals surface area contributed by atoms with Crippen LogP contribution in [-0.2, 0) is 5.41 Å². The van der Waals surface area contributed by atoms with Crippen LogP contribution in [0, 0.1) is 11.3 Å². The Morgan fingerprint density at radius 3 is 2.48 bits per heavy atom. The largest absolute Gasteiger partial charge is 0.352 e. The fraction of sp³-hybridized carbons (Fsp3) is 0.778. The summed E-state index contributed by atoms with van der Waals surface area (Å²) in [5.41, 5.74) is 0.751. The van der Waals surface area contributed by atoms with Crippen molar-refractivity contribution in [1.82, 2.24) is 9.97 Å². The third kappa shape index (κ3) is 3.02. The van der Waals surface area contributed by atoms with Gasteiger partial charge >= 0.3 is 0 Å². The van der Waals surface area contributed by atoms with E-state index in [4.69, 9.17) is 0 Å². The van der Waals surface area contributed by atoms with Crippen LogP contribution in [0.1, 0.15) is 59.1 Å². The molecule has 0 radical (unpaired) electrons. The first-order chi connectivity index (χ1) is 10.7. The van der Waals surface area contributed by atoms with E-state index >= 15 is 0 Å². The van der Waals surface area contributed by atoms with Crippen molar-refractivity contribution in [2.45, 2.75) is 65.0 Å².